The number of methoxy groups -OCH3 is 1. The number of nitrogens with one attached hydrogen (secondary N) is 1. The van der Waals surface area contributed by atoms with Gasteiger partial charge in [-0.05, 0) is 24.3 Å². The highest BCUT2D eigenvalue weighted by Gasteiger charge is 2.38. The van der Waals surface area contributed by atoms with E-state index in [0.29, 0.717) is 23.4 Å². The van der Waals surface area contributed by atoms with Crippen LogP contribution in [-0.4, -0.2) is 28.9 Å². The monoisotopic (exact) mass is 381 g/mol. The molecule has 1 heterocycles. The first kappa shape index (κ1) is 18.6. The third-order valence-corrected chi connectivity index (χ3v) is 3.93. The van der Waals surface area contributed by atoms with Crippen molar-refractivity contribution in [2.45, 2.75) is 19.0 Å². The summed E-state index contributed by atoms with van der Waals surface area (Å²) in [5.41, 5.74) is 0.717. The zero-order valence-electron chi connectivity index (χ0n) is 14.0. The SMILES string of the molecule is COC1=CC(=O)CC(C(=O)Nc2ccc(-c3noc(C(F)(F)F)n3)cc2)C1. The Balaban J connectivity index is 1.67. The van der Waals surface area contributed by atoms with Crippen molar-refractivity contribution in [3.8, 4) is 11.4 Å². The molecule has 7 nitrogen and oxygen atoms in total. The number of allylic oxidation sites excluding steroid dienone is 2. The average molecular weight is 381 g/mol. The number of amides is 1. The van der Waals surface area contributed by atoms with Crippen LogP contribution in [0.3, 0.4) is 0 Å². The summed E-state index contributed by atoms with van der Waals surface area (Å²) in [5.74, 6) is -2.29. The molecule has 1 atom stereocenters. The van der Waals surface area contributed by atoms with Gasteiger partial charge in [0, 0.05) is 30.2 Å². The number of carbonyl (C=O) groups is 2. The quantitative estimate of drug-likeness (QED) is 0.874. The van der Waals surface area contributed by atoms with Crippen molar-refractivity contribution >= 4 is 17.4 Å². The van der Waals surface area contributed by atoms with E-state index >= 15 is 0 Å². The number of nitrogens with zero attached hydrogens (tertiary/aromatic N) is 2. The summed E-state index contributed by atoms with van der Waals surface area (Å²) in [7, 11) is 1.43. The fourth-order valence-electron chi connectivity index (χ4n) is 2.59. The Kier molecular flexibility index (Phi) is 4.98. The lowest BCUT2D eigenvalue weighted by Gasteiger charge is -2.20. The van der Waals surface area contributed by atoms with Gasteiger partial charge < -0.3 is 14.6 Å². The van der Waals surface area contributed by atoms with E-state index in [9.17, 15) is 22.8 Å². The van der Waals surface area contributed by atoms with Crippen LogP contribution in [0.5, 0.6) is 0 Å². The van der Waals surface area contributed by atoms with E-state index in [0.717, 1.165) is 0 Å². The Morgan fingerprint density at radius 2 is 1.96 bits per heavy atom. The third-order valence-electron chi connectivity index (χ3n) is 3.93. The molecule has 1 aliphatic rings. The summed E-state index contributed by atoms with van der Waals surface area (Å²) in [6.07, 6.45) is -2.94. The van der Waals surface area contributed by atoms with E-state index in [1.165, 1.54) is 37.5 Å². The second kappa shape index (κ2) is 7.22. The molecule has 0 radical (unpaired) electrons. The predicted octanol–water partition coefficient (Wildman–Crippen LogP) is 3.20. The highest BCUT2D eigenvalue weighted by atomic mass is 19.4. The van der Waals surface area contributed by atoms with E-state index < -0.39 is 18.0 Å². The van der Waals surface area contributed by atoms with Crippen molar-refractivity contribution in [2.75, 3.05) is 12.4 Å². The van der Waals surface area contributed by atoms with Crippen LogP contribution in [0.1, 0.15) is 18.7 Å². The molecule has 3 rings (SSSR count). The second-order valence-corrected chi connectivity index (χ2v) is 5.87. The second-order valence-electron chi connectivity index (χ2n) is 5.87. The number of ether oxygens (including phenoxy) is 1. The Hall–Kier alpha value is -3.17. The number of rotatable bonds is 4. The molecule has 1 unspecified atom stereocenters. The topological polar surface area (TPSA) is 94.3 Å². The van der Waals surface area contributed by atoms with Gasteiger partial charge in [0.1, 0.15) is 0 Å². The van der Waals surface area contributed by atoms with Gasteiger partial charge in [-0.2, -0.15) is 18.2 Å². The number of hydrogen-bond acceptors (Lipinski definition) is 6. The number of halogens is 3. The number of aromatic nitrogens is 2. The first-order valence-corrected chi connectivity index (χ1v) is 7.86. The standard InChI is InChI=1S/C17H14F3N3O4/c1-26-13-7-10(6-12(24)8-13)15(25)21-11-4-2-9(3-5-11)14-22-16(27-23-14)17(18,19)20/h2-5,8,10H,6-7H2,1H3,(H,21,25). The zero-order chi connectivity index (χ0) is 19.6. The van der Waals surface area contributed by atoms with Gasteiger partial charge >= 0.3 is 12.1 Å². The van der Waals surface area contributed by atoms with E-state index in [4.69, 9.17) is 4.74 Å². The van der Waals surface area contributed by atoms with Gasteiger partial charge in [-0.3, -0.25) is 9.59 Å². The Morgan fingerprint density at radius 1 is 1.26 bits per heavy atom. The summed E-state index contributed by atoms with van der Waals surface area (Å²) in [6, 6.07) is 5.89. The maximum atomic E-state index is 12.5. The molecule has 0 bridgehead atoms. The smallest absolute Gasteiger partial charge is 0.471 e. The van der Waals surface area contributed by atoms with E-state index in [2.05, 4.69) is 20.0 Å². The molecule has 1 N–H and O–H groups in total. The number of anilines is 1. The minimum atomic E-state index is -4.72. The minimum Gasteiger partial charge on any atom is -0.501 e. The van der Waals surface area contributed by atoms with Crippen LogP contribution in [0.15, 0.2) is 40.6 Å². The molecule has 0 fully saturated rings. The Morgan fingerprint density at radius 3 is 2.56 bits per heavy atom. The molecule has 1 aromatic heterocycles. The normalized spacial score (nSPS) is 17.4. The predicted molar refractivity (Wildman–Crippen MR) is 86.2 cm³/mol. The van der Waals surface area contributed by atoms with E-state index in [1.807, 2.05) is 0 Å². The van der Waals surface area contributed by atoms with Crippen molar-refractivity contribution in [3.05, 3.63) is 42.0 Å². The van der Waals surface area contributed by atoms with Crippen LogP contribution < -0.4 is 5.32 Å². The number of hydrogen-bond donors (Lipinski definition) is 1. The lowest BCUT2D eigenvalue weighted by atomic mass is 9.91. The summed E-state index contributed by atoms with van der Waals surface area (Å²) in [5, 5.41) is 5.96. The van der Waals surface area contributed by atoms with Crippen molar-refractivity contribution in [3.63, 3.8) is 0 Å². The van der Waals surface area contributed by atoms with Gasteiger partial charge in [-0.25, -0.2) is 0 Å². The molecule has 2 aromatic rings. The molecule has 10 heteroatoms. The fourth-order valence-corrected chi connectivity index (χ4v) is 2.59. The van der Waals surface area contributed by atoms with Gasteiger partial charge in [0.15, 0.2) is 5.78 Å². The summed E-state index contributed by atoms with van der Waals surface area (Å²) < 4.78 is 46.7. The van der Waals surface area contributed by atoms with Gasteiger partial charge in [0.25, 0.3) is 0 Å². The first-order chi connectivity index (χ1) is 12.8. The molecule has 1 amide bonds. The van der Waals surface area contributed by atoms with Crippen LogP contribution in [0, 0.1) is 5.92 Å². The van der Waals surface area contributed by atoms with E-state index in [-0.39, 0.29) is 23.9 Å². The number of carbonyl (C=O) groups excluding carboxylic acids is 2. The van der Waals surface area contributed by atoms with Crippen LogP contribution in [0.2, 0.25) is 0 Å². The number of alkyl halides is 3. The lowest BCUT2D eigenvalue weighted by Crippen LogP contribution is -2.28. The Bertz CT molecular complexity index is 888. The highest BCUT2D eigenvalue weighted by molar-refractivity contribution is 5.99. The highest BCUT2D eigenvalue weighted by Crippen LogP contribution is 2.30. The molecule has 142 valence electrons. The fraction of sp³-hybridized carbons (Fsp3) is 0.294. The molecule has 0 spiro atoms. The minimum absolute atomic E-state index is 0.0832. The van der Waals surface area contributed by atoms with Crippen LogP contribution in [0.25, 0.3) is 11.4 Å². The van der Waals surface area contributed by atoms with Crippen molar-refractivity contribution in [1.29, 1.82) is 0 Å². The molecular weight excluding hydrogens is 367 g/mol. The van der Waals surface area contributed by atoms with Gasteiger partial charge in [0.05, 0.1) is 18.8 Å². The average Bonchev–Trinajstić information content (AvgIpc) is 3.12. The van der Waals surface area contributed by atoms with Crippen molar-refractivity contribution in [2.24, 2.45) is 5.92 Å². The van der Waals surface area contributed by atoms with Crippen molar-refractivity contribution < 1.29 is 32.0 Å². The Labute approximate surface area is 151 Å². The molecule has 1 aliphatic carbocycles. The molecular formula is C17H14F3N3O4. The zero-order valence-corrected chi connectivity index (χ0v) is 14.0. The van der Waals surface area contributed by atoms with Crippen LogP contribution in [-0.2, 0) is 20.5 Å². The molecule has 27 heavy (non-hydrogen) atoms. The summed E-state index contributed by atoms with van der Waals surface area (Å²) >= 11 is 0. The van der Waals surface area contributed by atoms with Gasteiger partial charge in [-0.15, -0.1) is 0 Å². The maximum Gasteiger partial charge on any atom is 0.471 e. The van der Waals surface area contributed by atoms with Gasteiger partial charge in [-0.1, -0.05) is 5.16 Å². The van der Waals surface area contributed by atoms with Crippen LogP contribution in [0.4, 0.5) is 18.9 Å². The summed E-state index contributed by atoms with van der Waals surface area (Å²) in [6.45, 7) is 0. The molecule has 1 aromatic carbocycles. The third kappa shape index (κ3) is 4.33. The number of ketones is 1. The first-order valence-electron chi connectivity index (χ1n) is 7.86. The summed E-state index contributed by atoms with van der Waals surface area (Å²) in [4.78, 5) is 27.3. The van der Waals surface area contributed by atoms with Crippen molar-refractivity contribution in [1.82, 2.24) is 10.1 Å². The molecule has 0 aliphatic heterocycles. The lowest BCUT2D eigenvalue weighted by molar-refractivity contribution is -0.159. The van der Waals surface area contributed by atoms with Gasteiger partial charge in [0.2, 0.25) is 11.7 Å². The molecule has 0 saturated carbocycles. The largest absolute Gasteiger partial charge is 0.501 e. The number of benzene rings is 1. The van der Waals surface area contributed by atoms with E-state index in [1.54, 1.807) is 0 Å². The van der Waals surface area contributed by atoms with Crippen LogP contribution >= 0.6 is 0 Å². The molecule has 0 saturated heterocycles. The maximum absolute atomic E-state index is 12.5.